The molecule has 3 aliphatic rings. The fourth-order valence-corrected chi connectivity index (χ4v) is 6.60. The van der Waals surface area contributed by atoms with Crippen LogP contribution in [0.25, 0.3) is 0 Å². The molecule has 2 unspecified atom stereocenters. The first-order valence-electron chi connectivity index (χ1n) is 15.3. The lowest BCUT2D eigenvalue weighted by Gasteiger charge is -2.44. The quantitative estimate of drug-likeness (QED) is 0.196. The maximum atomic E-state index is 13.7. The average Bonchev–Trinajstić information content (AvgIpc) is 2.99. The molecule has 14 heteroatoms. The highest BCUT2D eigenvalue weighted by molar-refractivity contribution is 5.99. The zero-order chi connectivity index (χ0) is 31.3. The minimum absolute atomic E-state index is 0. The van der Waals surface area contributed by atoms with Crippen molar-refractivity contribution >= 4 is 54.8 Å². The van der Waals surface area contributed by atoms with E-state index in [0.29, 0.717) is 23.1 Å². The van der Waals surface area contributed by atoms with Crippen molar-refractivity contribution in [3.8, 4) is 0 Å². The van der Waals surface area contributed by atoms with E-state index in [4.69, 9.17) is 9.47 Å². The summed E-state index contributed by atoms with van der Waals surface area (Å²) in [6.45, 7) is 17.3. The molecule has 4 rings (SSSR count). The average molecular weight is 707 g/mol. The van der Waals surface area contributed by atoms with E-state index in [1.807, 2.05) is 0 Å². The fraction of sp³-hybridized carbons (Fsp3) is 0.625. The van der Waals surface area contributed by atoms with Crippen molar-refractivity contribution < 1.29 is 24.0 Å². The molecule has 1 aromatic carbocycles. The molecule has 46 heavy (non-hydrogen) atoms. The van der Waals surface area contributed by atoms with Crippen LogP contribution in [0.3, 0.4) is 0 Å². The molecule has 2 atom stereocenters. The Morgan fingerprint density at radius 3 is 2.09 bits per heavy atom. The molecule has 2 saturated heterocycles. The maximum Gasteiger partial charge on any atom is 0.336 e. The van der Waals surface area contributed by atoms with E-state index in [0.717, 1.165) is 32.7 Å². The molecule has 0 bridgehead atoms. The normalized spacial score (nSPS) is 20.3. The summed E-state index contributed by atoms with van der Waals surface area (Å²) in [4.78, 5) is 45.3. The van der Waals surface area contributed by atoms with Crippen molar-refractivity contribution in [2.45, 2.75) is 66.0 Å². The number of dihydropyridines is 1. The van der Waals surface area contributed by atoms with E-state index in [1.165, 1.54) is 51.6 Å². The largest absolute Gasteiger partial charge is 0.466 e. The number of esters is 2. The van der Waals surface area contributed by atoms with Crippen molar-refractivity contribution in [1.82, 2.24) is 20.0 Å². The Kier molecular flexibility index (Phi) is 16.5. The number of nitro benzene ring substituents is 1. The molecule has 0 saturated carbocycles. The number of piperazine rings is 1. The molecular formula is C32H50Cl3N5O6. The van der Waals surface area contributed by atoms with Crippen LogP contribution in [-0.4, -0.2) is 97.3 Å². The third kappa shape index (κ3) is 10.0. The Morgan fingerprint density at radius 2 is 1.52 bits per heavy atom. The molecular weight excluding hydrogens is 657 g/mol. The predicted octanol–water partition coefficient (Wildman–Crippen LogP) is 5.29. The topological polar surface area (TPSA) is 117 Å². The van der Waals surface area contributed by atoms with Crippen molar-refractivity contribution in [3.05, 3.63) is 62.5 Å². The summed E-state index contributed by atoms with van der Waals surface area (Å²) >= 11 is 0. The van der Waals surface area contributed by atoms with E-state index in [9.17, 15) is 19.7 Å². The number of methoxy groups -OCH3 is 1. The molecule has 3 aliphatic heterocycles. The smallest absolute Gasteiger partial charge is 0.336 e. The second kappa shape index (κ2) is 18.2. The minimum Gasteiger partial charge on any atom is -0.466 e. The highest BCUT2D eigenvalue weighted by atomic mass is 35.5. The second-order valence-corrected chi connectivity index (χ2v) is 12.8. The Morgan fingerprint density at radius 1 is 0.957 bits per heavy atom. The molecule has 1 N–H and O–H groups in total. The van der Waals surface area contributed by atoms with Crippen molar-refractivity contribution in [2.24, 2.45) is 5.41 Å². The first kappa shape index (κ1) is 41.6. The first-order chi connectivity index (χ1) is 20.4. The van der Waals surface area contributed by atoms with E-state index >= 15 is 0 Å². The maximum absolute atomic E-state index is 13.7. The van der Waals surface area contributed by atoms with Gasteiger partial charge in [-0.05, 0) is 52.3 Å². The number of hydrogen-bond acceptors (Lipinski definition) is 10. The summed E-state index contributed by atoms with van der Waals surface area (Å²) in [5.74, 6) is -2.06. The van der Waals surface area contributed by atoms with Gasteiger partial charge in [0.2, 0.25) is 0 Å². The van der Waals surface area contributed by atoms with Gasteiger partial charge < -0.3 is 19.7 Å². The number of allylic oxidation sites excluding steroid dienone is 2. The molecule has 1 aromatic rings. The van der Waals surface area contributed by atoms with E-state index in [2.05, 4.69) is 40.8 Å². The number of non-ortho nitro benzene ring substituents is 1. The molecule has 3 heterocycles. The SMILES string of the molecule is COC(=O)C1=C(C)NC(C)=C(C(=O)OCC(C)(C)CN2CCN(C(C)N3CCCCC3)CC2)C1c1cccc([N+](=O)[O-])c1.Cl.Cl.Cl. The summed E-state index contributed by atoms with van der Waals surface area (Å²) in [7, 11) is 1.27. The van der Waals surface area contributed by atoms with Crippen LogP contribution in [0.2, 0.25) is 0 Å². The van der Waals surface area contributed by atoms with Gasteiger partial charge in [-0.3, -0.25) is 19.9 Å². The van der Waals surface area contributed by atoms with Gasteiger partial charge in [-0.25, -0.2) is 9.59 Å². The minimum atomic E-state index is -0.876. The Balaban J connectivity index is 0.00000353. The summed E-state index contributed by atoms with van der Waals surface area (Å²) < 4.78 is 11.0. The van der Waals surface area contributed by atoms with Crippen LogP contribution in [-0.2, 0) is 19.1 Å². The number of likely N-dealkylation sites (tertiary alicyclic amines) is 1. The summed E-state index contributed by atoms with van der Waals surface area (Å²) in [6, 6.07) is 6.00. The van der Waals surface area contributed by atoms with Crippen molar-refractivity contribution in [1.29, 1.82) is 0 Å². The fourth-order valence-electron chi connectivity index (χ4n) is 6.60. The van der Waals surface area contributed by atoms with E-state index in [-0.39, 0.29) is 66.1 Å². The number of ether oxygens (including phenoxy) is 2. The van der Waals surface area contributed by atoms with Gasteiger partial charge in [-0.2, -0.15) is 0 Å². The number of rotatable bonds is 10. The molecule has 2 fully saturated rings. The Hall–Kier alpha value is -2.41. The molecule has 0 spiro atoms. The molecule has 11 nitrogen and oxygen atoms in total. The lowest BCUT2D eigenvalue weighted by Crippen LogP contribution is -2.56. The van der Waals surface area contributed by atoms with E-state index < -0.39 is 22.8 Å². The zero-order valence-corrected chi connectivity index (χ0v) is 30.2. The summed E-state index contributed by atoms with van der Waals surface area (Å²) in [5.41, 5.74) is 1.51. The van der Waals surface area contributed by atoms with Crippen LogP contribution in [0.15, 0.2) is 46.8 Å². The predicted molar refractivity (Wildman–Crippen MR) is 186 cm³/mol. The number of hydrogen-bond donors (Lipinski definition) is 1. The number of piperidine rings is 1. The van der Waals surface area contributed by atoms with Crippen LogP contribution >= 0.6 is 37.2 Å². The monoisotopic (exact) mass is 705 g/mol. The molecule has 0 radical (unpaired) electrons. The standard InChI is InChI=1S/C32H47N5O6.3ClH/c1-22-27(30(38)42-6)29(25-11-10-12-26(19-25)37(40)41)28(23(2)33-22)31(39)43-21-32(4,5)20-34-15-17-36(18-16-34)24(3)35-13-8-7-9-14-35;;;/h10-12,19,24,29,33H,7-9,13-18,20-21H2,1-6H3;3*1H. The first-order valence-corrected chi connectivity index (χ1v) is 15.3. The zero-order valence-electron chi connectivity index (χ0n) is 27.7. The molecule has 0 aromatic heterocycles. The lowest BCUT2D eigenvalue weighted by molar-refractivity contribution is -0.384. The van der Waals surface area contributed by atoms with Gasteiger partial charge in [0.1, 0.15) is 0 Å². The van der Waals surface area contributed by atoms with Crippen LogP contribution in [0.1, 0.15) is 65.4 Å². The summed E-state index contributed by atoms with van der Waals surface area (Å²) in [6.07, 6.45) is 4.37. The Labute approximate surface area is 291 Å². The third-order valence-electron chi connectivity index (χ3n) is 8.90. The van der Waals surface area contributed by atoms with Gasteiger partial charge in [0, 0.05) is 61.7 Å². The second-order valence-electron chi connectivity index (χ2n) is 12.8. The number of nitrogens with zero attached hydrogens (tertiary/aromatic N) is 4. The number of carbonyl (C=O) groups is 2. The van der Waals surface area contributed by atoms with Crippen LogP contribution in [0.5, 0.6) is 0 Å². The van der Waals surface area contributed by atoms with Gasteiger partial charge in [0.25, 0.3) is 5.69 Å². The van der Waals surface area contributed by atoms with Gasteiger partial charge >= 0.3 is 11.9 Å². The van der Waals surface area contributed by atoms with E-state index in [1.54, 1.807) is 26.0 Å². The lowest BCUT2D eigenvalue weighted by atomic mass is 9.80. The molecule has 0 aliphatic carbocycles. The third-order valence-corrected chi connectivity index (χ3v) is 8.90. The number of halogens is 3. The summed E-state index contributed by atoms with van der Waals surface area (Å²) in [5, 5.41) is 14.6. The highest BCUT2D eigenvalue weighted by Gasteiger charge is 2.39. The number of benzene rings is 1. The Bertz CT molecular complexity index is 1280. The number of nitro groups is 1. The van der Waals surface area contributed by atoms with Crippen LogP contribution < -0.4 is 5.32 Å². The highest BCUT2D eigenvalue weighted by Crippen LogP contribution is 2.40. The van der Waals surface area contributed by atoms with Gasteiger partial charge in [0.05, 0.1) is 41.9 Å². The molecule has 0 amide bonds. The van der Waals surface area contributed by atoms with Gasteiger partial charge in [0.15, 0.2) is 0 Å². The van der Waals surface area contributed by atoms with Gasteiger partial charge in [-0.15, -0.1) is 37.2 Å². The number of carbonyl (C=O) groups excluding carboxylic acids is 2. The van der Waals surface area contributed by atoms with Crippen molar-refractivity contribution in [3.63, 3.8) is 0 Å². The van der Waals surface area contributed by atoms with Crippen LogP contribution in [0.4, 0.5) is 5.69 Å². The van der Waals surface area contributed by atoms with Gasteiger partial charge in [-0.1, -0.05) is 32.4 Å². The molecule has 260 valence electrons. The van der Waals surface area contributed by atoms with Crippen molar-refractivity contribution in [2.75, 3.05) is 59.5 Å². The number of nitrogens with one attached hydrogen (secondary N) is 1. The van der Waals surface area contributed by atoms with Crippen LogP contribution in [0, 0.1) is 15.5 Å².